The van der Waals surface area contributed by atoms with Gasteiger partial charge in [0.25, 0.3) is 0 Å². The smallest absolute Gasteiger partial charge is 0.162 e. The summed E-state index contributed by atoms with van der Waals surface area (Å²) in [6.45, 7) is 5.38. The molecule has 0 aliphatic carbocycles. The molecule has 1 aliphatic rings. The van der Waals surface area contributed by atoms with Crippen LogP contribution in [-0.4, -0.2) is 51.6 Å². The Labute approximate surface area is 189 Å². The second kappa shape index (κ2) is 10.7. The molecule has 32 heavy (non-hydrogen) atoms. The number of hydrogen-bond donors (Lipinski definition) is 1. The van der Waals surface area contributed by atoms with Gasteiger partial charge >= 0.3 is 0 Å². The molecule has 1 aromatic heterocycles. The average Bonchev–Trinajstić information content (AvgIpc) is 3.34. The van der Waals surface area contributed by atoms with E-state index in [9.17, 15) is 0 Å². The summed E-state index contributed by atoms with van der Waals surface area (Å²) in [5.41, 5.74) is 3.95. The van der Waals surface area contributed by atoms with Gasteiger partial charge in [0, 0.05) is 36.2 Å². The van der Waals surface area contributed by atoms with Gasteiger partial charge in [-0.15, -0.1) is 0 Å². The highest BCUT2D eigenvalue weighted by atomic mass is 16.5. The molecule has 2 heterocycles. The molecule has 0 bridgehead atoms. The molecule has 6 heteroatoms. The number of hydrogen-bond acceptors (Lipinski definition) is 6. The number of rotatable bonds is 10. The van der Waals surface area contributed by atoms with Crippen molar-refractivity contribution < 1.29 is 18.9 Å². The third-order valence-electron chi connectivity index (χ3n) is 5.77. The zero-order chi connectivity index (χ0) is 22.3. The van der Waals surface area contributed by atoms with Crippen LogP contribution in [0.1, 0.15) is 24.8 Å². The summed E-state index contributed by atoms with van der Waals surface area (Å²) in [5.74, 6) is 2.11. The molecule has 2 aromatic carbocycles. The molecule has 3 aromatic rings. The van der Waals surface area contributed by atoms with Crippen LogP contribution >= 0.6 is 0 Å². The standard InChI is InChI=1S/C26H32N2O4/c1-18-7-9-19(10-8-18)22-15-24(32-13-5-11-27-17-20-6-4-12-31-20)21-14-25(29-2)26(30-3)16-23(21)28-22/h7-10,14-16,20,27H,4-6,11-13,17H2,1-3H3. The minimum Gasteiger partial charge on any atom is -0.493 e. The Balaban J connectivity index is 1.53. The van der Waals surface area contributed by atoms with Crippen LogP contribution in [0, 0.1) is 6.92 Å². The van der Waals surface area contributed by atoms with E-state index in [4.69, 9.17) is 23.9 Å². The Morgan fingerprint density at radius 1 is 1.03 bits per heavy atom. The predicted molar refractivity (Wildman–Crippen MR) is 127 cm³/mol. The first-order chi connectivity index (χ1) is 15.7. The monoisotopic (exact) mass is 436 g/mol. The summed E-state index contributed by atoms with van der Waals surface area (Å²) in [6, 6.07) is 14.2. The molecular weight excluding hydrogens is 404 g/mol. The molecule has 0 radical (unpaired) electrons. The van der Waals surface area contributed by atoms with Crippen LogP contribution in [0.4, 0.5) is 0 Å². The van der Waals surface area contributed by atoms with E-state index in [0.717, 1.165) is 60.4 Å². The molecule has 1 aliphatic heterocycles. The summed E-state index contributed by atoms with van der Waals surface area (Å²) in [6.07, 6.45) is 3.59. The number of nitrogens with zero attached hydrogens (tertiary/aromatic N) is 1. The topological polar surface area (TPSA) is 61.8 Å². The summed E-state index contributed by atoms with van der Waals surface area (Å²) in [4.78, 5) is 4.88. The first-order valence-corrected chi connectivity index (χ1v) is 11.3. The van der Waals surface area contributed by atoms with Crippen molar-refractivity contribution in [1.29, 1.82) is 0 Å². The fraction of sp³-hybridized carbons (Fsp3) is 0.423. The summed E-state index contributed by atoms with van der Waals surface area (Å²) >= 11 is 0. The van der Waals surface area contributed by atoms with Crippen molar-refractivity contribution in [1.82, 2.24) is 10.3 Å². The van der Waals surface area contributed by atoms with Crippen molar-refractivity contribution >= 4 is 10.9 Å². The second-order valence-electron chi connectivity index (χ2n) is 8.14. The van der Waals surface area contributed by atoms with Crippen molar-refractivity contribution in [2.24, 2.45) is 0 Å². The molecule has 4 rings (SSSR count). The quantitative estimate of drug-likeness (QED) is 0.462. The first kappa shape index (κ1) is 22.4. The first-order valence-electron chi connectivity index (χ1n) is 11.3. The van der Waals surface area contributed by atoms with Crippen molar-refractivity contribution in [2.75, 3.05) is 40.5 Å². The highest BCUT2D eigenvalue weighted by molar-refractivity contribution is 5.90. The van der Waals surface area contributed by atoms with Gasteiger partial charge in [0.05, 0.1) is 38.1 Å². The zero-order valence-electron chi connectivity index (χ0n) is 19.1. The molecule has 6 nitrogen and oxygen atoms in total. The Hall–Kier alpha value is -2.83. The Morgan fingerprint density at radius 2 is 1.81 bits per heavy atom. The number of benzene rings is 2. The van der Waals surface area contributed by atoms with Crippen molar-refractivity contribution in [3.63, 3.8) is 0 Å². The summed E-state index contributed by atoms with van der Waals surface area (Å²) in [5, 5.41) is 4.38. The minimum atomic E-state index is 0.361. The van der Waals surface area contributed by atoms with Gasteiger partial charge in [-0.05, 0) is 38.8 Å². The largest absolute Gasteiger partial charge is 0.493 e. The van der Waals surface area contributed by atoms with E-state index in [1.165, 1.54) is 12.0 Å². The maximum atomic E-state index is 6.24. The minimum absolute atomic E-state index is 0.361. The SMILES string of the molecule is COc1cc2nc(-c3ccc(C)cc3)cc(OCCCNCC3CCCO3)c2cc1OC. The number of aryl methyl sites for hydroxylation is 1. The Bertz CT molecular complexity index is 1030. The van der Waals surface area contributed by atoms with Crippen LogP contribution in [0.3, 0.4) is 0 Å². The van der Waals surface area contributed by atoms with Gasteiger partial charge in [-0.25, -0.2) is 4.98 Å². The predicted octanol–water partition coefficient (Wildman–Crippen LogP) is 4.76. The second-order valence-corrected chi connectivity index (χ2v) is 8.14. The zero-order valence-corrected chi connectivity index (χ0v) is 19.1. The summed E-state index contributed by atoms with van der Waals surface area (Å²) in [7, 11) is 3.27. The van der Waals surface area contributed by atoms with E-state index in [0.29, 0.717) is 24.2 Å². The number of methoxy groups -OCH3 is 2. The lowest BCUT2D eigenvalue weighted by Crippen LogP contribution is -2.27. The fourth-order valence-electron chi connectivity index (χ4n) is 3.96. The number of fused-ring (bicyclic) bond motifs is 1. The summed E-state index contributed by atoms with van der Waals surface area (Å²) < 4.78 is 22.9. The van der Waals surface area contributed by atoms with Gasteiger partial charge < -0.3 is 24.3 Å². The molecule has 0 spiro atoms. The highest BCUT2D eigenvalue weighted by Crippen LogP contribution is 2.37. The van der Waals surface area contributed by atoms with E-state index in [1.54, 1.807) is 14.2 Å². The van der Waals surface area contributed by atoms with E-state index in [1.807, 2.05) is 18.2 Å². The van der Waals surface area contributed by atoms with E-state index >= 15 is 0 Å². The Kier molecular flexibility index (Phi) is 7.45. The van der Waals surface area contributed by atoms with Crippen LogP contribution in [0.15, 0.2) is 42.5 Å². The molecular formula is C26H32N2O4. The third kappa shape index (κ3) is 5.31. The number of aromatic nitrogens is 1. The molecule has 1 N–H and O–H groups in total. The lowest BCUT2D eigenvalue weighted by molar-refractivity contribution is 0.110. The lowest BCUT2D eigenvalue weighted by atomic mass is 10.1. The number of ether oxygens (including phenoxy) is 4. The fourth-order valence-corrected chi connectivity index (χ4v) is 3.96. The van der Waals surface area contributed by atoms with Gasteiger partial charge in [-0.1, -0.05) is 29.8 Å². The van der Waals surface area contributed by atoms with Crippen LogP contribution in [0.25, 0.3) is 22.2 Å². The van der Waals surface area contributed by atoms with Crippen LogP contribution in [0.2, 0.25) is 0 Å². The number of nitrogens with one attached hydrogen (secondary N) is 1. The van der Waals surface area contributed by atoms with E-state index < -0.39 is 0 Å². The molecule has 170 valence electrons. The van der Waals surface area contributed by atoms with Gasteiger partial charge in [0.15, 0.2) is 11.5 Å². The molecule has 0 saturated carbocycles. The van der Waals surface area contributed by atoms with E-state index in [2.05, 4.69) is 36.5 Å². The van der Waals surface area contributed by atoms with Crippen LogP contribution in [-0.2, 0) is 4.74 Å². The average molecular weight is 437 g/mol. The van der Waals surface area contributed by atoms with Crippen molar-refractivity contribution in [2.45, 2.75) is 32.3 Å². The van der Waals surface area contributed by atoms with Gasteiger partial charge in [0.2, 0.25) is 0 Å². The molecule has 1 fully saturated rings. The van der Waals surface area contributed by atoms with E-state index in [-0.39, 0.29) is 0 Å². The molecule has 1 unspecified atom stereocenters. The third-order valence-corrected chi connectivity index (χ3v) is 5.77. The van der Waals surface area contributed by atoms with Gasteiger partial charge in [0.1, 0.15) is 5.75 Å². The molecule has 0 amide bonds. The van der Waals surface area contributed by atoms with Gasteiger partial charge in [-0.3, -0.25) is 0 Å². The maximum Gasteiger partial charge on any atom is 0.162 e. The lowest BCUT2D eigenvalue weighted by Gasteiger charge is -2.15. The Morgan fingerprint density at radius 3 is 2.53 bits per heavy atom. The van der Waals surface area contributed by atoms with Crippen molar-refractivity contribution in [3.05, 3.63) is 48.0 Å². The van der Waals surface area contributed by atoms with Crippen LogP contribution < -0.4 is 19.5 Å². The molecule has 1 atom stereocenters. The van der Waals surface area contributed by atoms with Gasteiger partial charge in [-0.2, -0.15) is 0 Å². The molecule has 1 saturated heterocycles. The normalized spacial score (nSPS) is 15.8. The van der Waals surface area contributed by atoms with Crippen molar-refractivity contribution in [3.8, 4) is 28.5 Å². The highest BCUT2D eigenvalue weighted by Gasteiger charge is 2.15. The maximum absolute atomic E-state index is 6.24. The number of pyridine rings is 1. The van der Waals surface area contributed by atoms with Crippen LogP contribution in [0.5, 0.6) is 17.2 Å².